The summed E-state index contributed by atoms with van der Waals surface area (Å²) < 4.78 is 22.6. The third-order valence-corrected chi connectivity index (χ3v) is 5.59. The fraction of sp³-hybridized carbons (Fsp3) is 1.00. The number of rotatable bonds is 8. The first-order valence-corrected chi connectivity index (χ1v) is 10.4. The molecule has 1 N–H and O–H groups in total. The van der Waals surface area contributed by atoms with Gasteiger partial charge in [-0.15, -0.1) is 0 Å². The summed E-state index contributed by atoms with van der Waals surface area (Å²) in [4.78, 5) is 2.53. The van der Waals surface area contributed by atoms with Gasteiger partial charge in [-0.25, -0.2) is 8.42 Å². The van der Waals surface area contributed by atoms with Crippen molar-refractivity contribution < 1.29 is 8.42 Å². The van der Waals surface area contributed by atoms with Crippen LogP contribution in [-0.4, -0.2) is 57.0 Å². The van der Waals surface area contributed by atoms with Crippen LogP contribution in [0.25, 0.3) is 0 Å². The van der Waals surface area contributed by atoms with Gasteiger partial charge >= 0.3 is 0 Å². The number of sulfone groups is 1. The molecule has 0 aliphatic carbocycles. The van der Waals surface area contributed by atoms with Crippen molar-refractivity contribution in [1.82, 2.24) is 10.2 Å². The van der Waals surface area contributed by atoms with E-state index < -0.39 is 9.84 Å². The highest BCUT2D eigenvalue weighted by Gasteiger charge is 2.30. The number of nitrogens with one attached hydrogen (secondary N) is 1. The summed E-state index contributed by atoms with van der Waals surface area (Å²) in [5, 5.41) is 3.69. The Morgan fingerprint density at radius 1 is 1.29 bits per heavy atom. The molecule has 1 fully saturated rings. The van der Waals surface area contributed by atoms with Gasteiger partial charge in [0, 0.05) is 31.4 Å². The summed E-state index contributed by atoms with van der Waals surface area (Å²) in [6.45, 7) is 12.0. The molecule has 1 aliphatic rings. The van der Waals surface area contributed by atoms with Crippen LogP contribution in [0.5, 0.6) is 0 Å². The Balaban J connectivity index is 2.60. The first kappa shape index (κ1) is 18.9. The van der Waals surface area contributed by atoms with Gasteiger partial charge in [-0.1, -0.05) is 34.1 Å². The van der Waals surface area contributed by atoms with Gasteiger partial charge in [0.1, 0.15) is 9.84 Å². The van der Waals surface area contributed by atoms with E-state index in [0.29, 0.717) is 29.7 Å². The Bertz CT molecular complexity index is 395. The number of nitrogens with zero attached hydrogens (tertiary/aromatic N) is 1. The normalized spacial score (nSPS) is 26.2. The van der Waals surface area contributed by atoms with Crippen LogP contribution in [0.15, 0.2) is 0 Å². The molecule has 1 heterocycles. The van der Waals surface area contributed by atoms with E-state index in [-0.39, 0.29) is 0 Å². The zero-order chi connectivity index (χ0) is 16.0. The smallest absolute Gasteiger partial charge is 0.147 e. The molecule has 0 aromatic rings. The Morgan fingerprint density at radius 2 is 1.95 bits per heavy atom. The monoisotopic (exact) mass is 318 g/mol. The molecule has 1 saturated heterocycles. The third-order valence-electron chi connectivity index (χ3n) is 4.56. The second-order valence-electron chi connectivity index (χ2n) is 7.17. The summed E-state index contributed by atoms with van der Waals surface area (Å²) in [6, 6.07) is 1.08. The van der Waals surface area contributed by atoms with E-state index in [0.717, 1.165) is 26.1 Å². The van der Waals surface area contributed by atoms with Crippen molar-refractivity contribution in [2.45, 2.75) is 59.0 Å². The zero-order valence-corrected chi connectivity index (χ0v) is 15.2. The average molecular weight is 319 g/mol. The van der Waals surface area contributed by atoms with E-state index in [1.54, 1.807) is 0 Å². The maximum Gasteiger partial charge on any atom is 0.147 e. The van der Waals surface area contributed by atoms with E-state index in [1.165, 1.54) is 19.1 Å². The van der Waals surface area contributed by atoms with Crippen molar-refractivity contribution in [2.24, 2.45) is 11.8 Å². The van der Waals surface area contributed by atoms with Gasteiger partial charge in [-0.2, -0.15) is 0 Å². The second kappa shape index (κ2) is 8.49. The molecule has 0 aromatic carbocycles. The van der Waals surface area contributed by atoms with Crippen LogP contribution in [0.2, 0.25) is 0 Å². The molecule has 1 rings (SSSR count). The van der Waals surface area contributed by atoms with Crippen LogP contribution < -0.4 is 5.32 Å². The molecular weight excluding hydrogens is 284 g/mol. The molecule has 0 radical (unpaired) electrons. The SMILES string of the molecule is CCC(C)C1CNC(CC(C)C)CN1CCCS(C)(=O)=O. The molecule has 5 heteroatoms. The molecule has 126 valence electrons. The van der Waals surface area contributed by atoms with Crippen molar-refractivity contribution in [3.05, 3.63) is 0 Å². The molecule has 4 nitrogen and oxygen atoms in total. The molecular formula is C16H34N2O2S. The maximum absolute atomic E-state index is 11.3. The van der Waals surface area contributed by atoms with Crippen LogP contribution in [0.1, 0.15) is 47.0 Å². The minimum Gasteiger partial charge on any atom is -0.311 e. The summed E-state index contributed by atoms with van der Waals surface area (Å²) in [5.74, 6) is 1.65. The van der Waals surface area contributed by atoms with E-state index in [4.69, 9.17) is 0 Å². The van der Waals surface area contributed by atoms with Crippen LogP contribution in [0.4, 0.5) is 0 Å². The van der Waals surface area contributed by atoms with Gasteiger partial charge < -0.3 is 5.32 Å². The highest BCUT2D eigenvalue weighted by molar-refractivity contribution is 7.90. The fourth-order valence-corrected chi connectivity index (χ4v) is 3.90. The Labute approximate surface area is 131 Å². The van der Waals surface area contributed by atoms with Crippen molar-refractivity contribution in [1.29, 1.82) is 0 Å². The molecule has 0 bridgehead atoms. The van der Waals surface area contributed by atoms with Crippen LogP contribution >= 0.6 is 0 Å². The van der Waals surface area contributed by atoms with Crippen molar-refractivity contribution in [2.75, 3.05) is 31.6 Å². The zero-order valence-electron chi connectivity index (χ0n) is 14.4. The topological polar surface area (TPSA) is 49.4 Å². The van der Waals surface area contributed by atoms with Crippen molar-refractivity contribution >= 4 is 9.84 Å². The Kier molecular flexibility index (Phi) is 7.65. The number of hydrogen-bond donors (Lipinski definition) is 1. The van der Waals surface area contributed by atoms with Crippen LogP contribution in [-0.2, 0) is 9.84 Å². The van der Waals surface area contributed by atoms with E-state index >= 15 is 0 Å². The highest BCUT2D eigenvalue weighted by atomic mass is 32.2. The molecule has 0 spiro atoms. The largest absolute Gasteiger partial charge is 0.311 e. The first-order valence-electron chi connectivity index (χ1n) is 8.38. The predicted octanol–water partition coefficient (Wildman–Crippen LogP) is 2.16. The minimum absolute atomic E-state index is 0.305. The number of hydrogen-bond acceptors (Lipinski definition) is 4. The molecule has 3 atom stereocenters. The summed E-state index contributed by atoms with van der Waals surface area (Å²) in [6.07, 6.45) is 4.44. The minimum atomic E-state index is -2.84. The van der Waals surface area contributed by atoms with E-state index in [1.807, 2.05) is 0 Å². The van der Waals surface area contributed by atoms with Crippen molar-refractivity contribution in [3.8, 4) is 0 Å². The molecule has 21 heavy (non-hydrogen) atoms. The summed E-state index contributed by atoms with van der Waals surface area (Å²) in [5.41, 5.74) is 0. The lowest BCUT2D eigenvalue weighted by Gasteiger charge is -2.43. The highest BCUT2D eigenvalue weighted by Crippen LogP contribution is 2.20. The van der Waals surface area contributed by atoms with Gasteiger partial charge in [0.25, 0.3) is 0 Å². The van der Waals surface area contributed by atoms with E-state index in [9.17, 15) is 8.42 Å². The Morgan fingerprint density at radius 3 is 2.48 bits per heavy atom. The van der Waals surface area contributed by atoms with Gasteiger partial charge in [-0.05, 0) is 31.2 Å². The van der Waals surface area contributed by atoms with Crippen LogP contribution in [0.3, 0.4) is 0 Å². The van der Waals surface area contributed by atoms with Crippen molar-refractivity contribution in [3.63, 3.8) is 0 Å². The maximum atomic E-state index is 11.3. The standard InChI is InChI=1S/C16H34N2O2S/c1-6-14(4)16-11-17-15(10-13(2)3)12-18(16)8-7-9-21(5,19)20/h13-17H,6-12H2,1-5H3. The molecule has 3 unspecified atom stereocenters. The quantitative estimate of drug-likeness (QED) is 0.745. The summed E-state index contributed by atoms with van der Waals surface area (Å²) >= 11 is 0. The molecule has 1 aliphatic heterocycles. The molecule has 0 aromatic heterocycles. The van der Waals surface area contributed by atoms with Gasteiger partial charge in [0.05, 0.1) is 5.75 Å². The lowest BCUT2D eigenvalue weighted by atomic mass is 9.92. The van der Waals surface area contributed by atoms with Crippen LogP contribution in [0, 0.1) is 11.8 Å². The second-order valence-corrected chi connectivity index (χ2v) is 9.43. The van der Waals surface area contributed by atoms with Gasteiger partial charge in [0.15, 0.2) is 0 Å². The fourth-order valence-electron chi connectivity index (χ4n) is 3.25. The first-order chi connectivity index (χ1) is 9.73. The Hall–Kier alpha value is -0.130. The van der Waals surface area contributed by atoms with E-state index in [2.05, 4.69) is 37.9 Å². The average Bonchev–Trinajstić information content (AvgIpc) is 2.36. The number of piperazine rings is 1. The predicted molar refractivity (Wildman–Crippen MR) is 90.4 cm³/mol. The summed E-state index contributed by atoms with van der Waals surface area (Å²) in [7, 11) is -2.84. The molecule has 0 saturated carbocycles. The van der Waals surface area contributed by atoms with Gasteiger partial charge in [-0.3, -0.25) is 4.90 Å². The molecule has 0 amide bonds. The third kappa shape index (κ3) is 7.11. The lowest BCUT2D eigenvalue weighted by molar-refractivity contribution is 0.0859. The van der Waals surface area contributed by atoms with Gasteiger partial charge in [0.2, 0.25) is 0 Å². The lowest BCUT2D eigenvalue weighted by Crippen LogP contribution is -2.59.